The predicted molar refractivity (Wildman–Crippen MR) is 175 cm³/mol. The van der Waals surface area contributed by atoms with E-state index in [1.54, 1.807) is 7.11 Å². The summed E-state index contributed by atoms with van der Waals surface area (Å²) in [6.45, 7) is 1.61. The van der Waals surface area contributed by atoms with Crippen LogP contribution in [-0.4, -0.2) is 60.6 Å². The molecule has 2 saturated carbocycles. The van der Waals surface area contributed by atoms with Crippen molar-refractivity contribution in [3.8, 4) is 28.5 Å². The largest absolute Gasteiger partial charge is 0.494 e. The summed E-state index contributed by atoms with van der Waals surface area (Å²) in [7, 11) is 3.68. The Hall–Kier alpha value is -4.76. The second kappa shape index (κ2) is 9.87. The van der Waals surface area contributed by atoms with E-state index in [1.807, 2.05) is 48.5 Å². The van der Waals surface area contributed by atoms with Crippen molar-refractivity contribution >= 4 is 38.9 Å². The van der Waals surface area contributed by atoms with E-state index in [0.717, 1.165) is 81.7 Å². The zero-order chi connectivity index (χ0) is 30.4. The third-order valence-corrected chi connectivity index (χ3v) is 10.3. The number of nitrogens with zero attached hydrogens (tertiary/aromatic N) is 6. The number of benzene rings is 2. The molecule has 2 unspecified atom stereocenters. The maximum absolute atomic E-state index is 13.8. The van der Waals surface area contributed by atoms with Gasteiger partial charge < -0.3 is 24.5 Å². The number of amides is 1. The van der Waals surface area contributed by atoms with Gasteiger partial charge in [0.2, 0.25) is 0 Å². The van der Waals surface area contributed by atoms with Crippen molar-refractivity contribution in [3.63, 3.8) is 0 Å². The molecule has 5 heterocycles. The van der Waals surface area contributed by atoms with Gasteiger partial charge in [0.1, 0.15) is 16.9 Å². The zero-order valence-electron chi connectivity index (χ0n) is 25.5. The molecule has 1 saturated heterocycles. The Labute approximate surface area is 260 Å². The second-order valence-electron chi connectivity index (χ2n) is 13.0. The fraction of sp³-hybridized carbons (Fsp3) is 0.333. The molecule has 2 aromatic carbocycles. The van der Waals surface area contributed by atoms with Crippen LogP contribution in [0.5, 0.6) is 5.75 Å². The highest BCUT2D eigenvalue weighted by Crippen LogP contribution is 2.40. The van der Waals surface area contributed by atoms with Gasteiger partial charge in [-0.15, -0.1) is 0 Å². The lowest BCUT2D eigenvalue weighted by atomic mass is 10.0. The van der Waals surface area contributed by atoms with Crippen LogP contribution >= 0.6 is 0 Å². The molecule has 0 radical (unpaired) electrons. The summed E-state index contributed by atoms with van der Waals surface area (Å²) in [5.74, 6) is 2.49. The van der Waals surface area contributed by atoms with Gasteiger partial charge in [-0.2, -0.15) is 0 Å². The van der Waals surface area contributed by atoms with Crippen molar-refractivity contribution in [2.24, 2.45) is 24.6 Å². The Morgan fingerprint density at radius 2 is 1.89 bits per heavy atom. The van der Waals surface area contributed by atoms with Gasteiger partial charge in [0.15, 0.2) is 5.82 Å². The number of carbonyl (C=O) groups excluding carboxylic acids is 1. The first-order valence-corrected chi connectivity index (χ1v) is 15.9. The first kappa shape index (κ1) is 26.6. The third-order valence-electron chi connectivity index (χ3n) is 10.3. The van der Waals surface area contributed by atoms with Crippen molar-refractivity contribution in [1.82, 2.24) is 29.0 Å². The molecule has 0 spiro atoms. The second-order valence-corrected chi connectivity index (χ2v) is 13.0. The molecule has 45 heavy (non-hydrogen) atoms. The monoisotopic (exact) mass is 597 g/mol. The Morgan fingerprint density at radius 3 is 2.67 bits per heavy atom. The van der Waals surface area contributed by atoms with E-state index in [1.165, 1.54) is 12.8 Å². The number of hydrogen-bond donors (Lipinski definition) is 1. The summed E-state index contributed by atoms with van der Waals surface area (Å²) < 4.78 is 10.3. The topological polar surface area (TPSA) is 104 Å². The van der Waals surface area contributed by atoms with Crippen molar-refractivity contribution < 1.29 is 9.53 Å². The molecule has 9 rings (SSSR count). The number of hydrogen-bond acceptors (Lipinski definition) is 6. The number of likely N-dealkylation sites (tertiary alicyclic amines) is 1. The smallest absolute Gasteiger partial charge is 0.254 e. The molecular formula is C36H35N7O2. The highest BCUT2D eigenvalue weighted by Gasteiger charge is 2.47. The number of methoxy groups -OCH3 is 1. The fourth-order valence-corrected chi connectivity index (χ4v) is 7.80. The molecular weight excluding hydrogens is 562 g/mol. The number of ether oxygens (including phenoxy) is 1. The normalized spacial score (nSPS) is 21.0. The maximum Gasteiger partial charge on any atom is 0.254 e. The van der Waals surface area contributed by atoms with Gasteiger partial charge in [0, 0.05) is 60.3 Å². The Balaban J connectivity index is 1.17. The van der Waals surface area contributed by atoms with Crippen LogP contribution in [0, 0.1) is 11.8 Å². The number of aryl methyl sites for hydroxylation is 1. The van der Waals surface area contributed by atoms with Crippen LogP contribution in [0.4, 0.5) is 0 Å². The van der Waals surface area contributed by atoms with Crippen molar-refractivity contribution in [2.75, 3.05) is 13.7 Å². The fourth-order valence-electron chi connectivity index (χ4n) is 7.80. The minimum atomic E-state index is 0.00765. The lowest BCUT2D eigenvalue weighted by molar-refractivity contribution is 0.0700. The number of rotatable bonds is 6. The molecule has 3 aliphatic rings. The van der Waals surface area contributed by atoms with Gasteiger partial charge in [0.25, 0.3) is 5.91 Å². The van der Waals surface area contributed by atoms with Gasteiger partial charge in [-0.1, -0.05) is 18.2 Å². The first-order valence-electron chi connectivity index (χ1n) is 15.9. The molecule has 1 aliphatic heterocycles. The molecule has 9 nitrogen and oxygen atoms in total. The SMILES string of the molecule is COc1cc(C(=O)N2CC3CCC2[C@@H]3N)cc2nc(-c3cc4ccc(-c5cccc6ncccc56)nc4n3CC3CC3)n(C)c12. The zero-order valence-corrected chi connectivity index (χ0v) is 25.5. The van der Waals surface area contributed by atoms with E-state index in [0.29, 0.717) is 23.1 Å². The van der Waals surface area contributed by atoms with E-state index in [-0.39, 0.29) is 18.0 Å². The van der Waals surface area contributed by atoms with E-state index >= 15 is 0 Å². The van der Waals surface area contributed by atoms with E-state index in [4.69, 9.17) is 20.4 Å². The number of nitrogens with two attached hydrogens (primary N) is 1. The summed E-state index contributed by atoms with van der Waals surface area (Å²) in [6.07, 6.45) is 6.34. The standard InChI is InChI=1S/C36H35N7O2/c1-41-33-28(15-23(17-31(33)45-2)36(44)43-19-22-11-13-29(43)32(22)37)40-35(41)30-16-21-10-12-27(39-34(21)42(30)18-20-8-9-20)25-5-3-7-26-24(25)6-4-14-38-26/h3-7,10,12,14-17,20,22,29,32H,8-9,11,13,18-19,37H2,1-2H3/t22?,29?,32-/m1/s1. The van der Waals surface area contributed by atoms with Crippen LogP contribution in [0.3, 0.4) is 0 Å². The summed E-state index contributed by atoms with van der Waals surface area (Å²) in [4.78, 5) is 30.7. The van der Waals surface area contributed by atoms with E-state index in [9.17, 15) is 4.79 Å². The molecule has 4 aromatic heterocycles. The number of pyridine rings is 2. The molecule has 2 aliphatic carbocycles. The Bertz CT molecular complexity index is 2150. The minimum absolute atomic E-state index is 0.00765. The molecule has 2 bridgehead atoms. The number of fused-ring (bicyclic) bond motifs is 5. The van der Waals surface area contributed by atoms with E-state index in [2.05, 4.69) is 44.5 Å². The van der Waals surface area contributed by atoms with Crippen LogP contribution in [0.25, 0.3) is 55.7 Å². The van der Waals surface area contributed by atoms with Gasteiger partial charge in [0.05, 0.1) is 29.5 Å². The number of carbonyl (C=O) groups is 1. The molecule has 9 heteroatoms. The third kappa shape index (κ3) is 4.10. The highest BCUT2D eigenvalue weighted by molar-refractivity contribution is 6.01. The van der Waals surface area contributed by atoms with Gasteiger partial charge in [-0.3, -0.25) is 9.78 Å². The van der Waals surface area contributed by atoms with Crippen LogP contribution in [0.2, 0.25) is 0 Å². The number of aromatic nitrogens is 5. The predicted octanol–water partition coefficient (Wildman–Crippen LogP) is 5.79. The lowest BCUT2D eigenvalue weighted by Crippen LogP contribution is -2.41. The maximum atomic E-state index is 13.8. The lowest BCUT2D eigenvalue weighted by Gasteiger charge is -2.27. The van der Waals surface area contributed by atoms with Gasteiger partial charge >= 0.3 is 0 Å². The van der Waals surface area contributed by atoms with Crippen molar-refractivity contribution in [3.05, 3.63) is 72.4 Å². The Morgan fingerprint density at radius 1 is 1.00 bits per heavy atom. The van der Waals surface area contributed by atoms with Gasteiger partial charge in [-0.25, -0.2) is 9.97 Å². The van der Waals surface area contributed by atoms with E-state index < -0.39 is 0 Å². The van der Waals surface area contributed by atoms with Crippen LogP contribution < -0.4 is 10.5 Å². The van der Waals surface area contributed by atoms with Crippen LogP contribution in [0.1, 0.15) is 36.0 Å². The molecule has 6 aromatic rings. The molecule has 226 valence electrons. The van der Waals surface area contributed by atoms with Crippen LogP contribution in [0.15, 0.2) is 66.9 Å². The summed E-state index contributed by atoms with van der Waals surface area (Å²) >= 11 is 0. The summed E-state index contributed by atoms with van der Waals surface area (Å²) in [5.41, 5.74) is 13.5. The molecule has 3 fully saturated rings. The number of piperidine rings is 1. The average molecular weight is 598 g/mol. The highest BCUT2D eigenvalue weighted by atomic mass is 16.5. The molecule has 1 amide bonds. The summed E-state index contributed by atoms with van der Waals surface area (Å²) in [6, 6.07) is 20.7. The van der Waals surface area contributed by atoms with Gasteiger partial charge in [-0.05, 0) is 80.0 Å². The van der Waals surface area contributed by atoms with Crippen LogP contribution in [-0.2, 0) is 13.6 Å². The number of imidazole rings is 1. The average Bonchev–Trinajstić information content (AvgIpc) is 3.47. The molecule has 2 N–H and O–H groups in total. The minimum Gasteiger partial charge on any atom is -0.494 e. The summed E-state index contributed by atoms with van der Waals surface area (Å²) in [5, 5.41) is 2.16. The Kier molecular flexibility index (Phi) is 5.84. The van der Waals surface area contributed by atoms with Crippen molar-refractivity contribution in [1.29, 1.82) is 0 Å². The van der Waals surface area contributed by atoms with Crippen molar-refractivity contribution in [2.45, 2.75) is 44.3 Å². The first-order chi connectivity index (χ1) is 22.0. The quantitative estimate of drug-likeness (QED) is 0.261. The molecule has 3 atom stereocenters.